The molecule has 1 amide bonds. The molecule has 2 aromatic heterocycles. The van der Waals surface area contributed by atoms with Crippen LogP contribution >= 0.6 is 0 Å². The van der Waals surface area contributed by atoms with E-state index >= 15 is 0 Å². The van der Waals surface area contributed by atoms with Crippen molar-refractivity contribution in [3.8, 4) is 34.0 Å². The topological polar surface area (TPSA) is 103 Å². The van der Waals surface area contributed by atoms with E-state index in [2.05, 4.69) is 26.8 Å². The number of hydrogen-bond donors (Lipinski definition) is 2. The SMILES string of the molecule is C=CC(=O)Nc1ccc(-c2ccnc(N)c2-c2ccc(Oc3nccc(C)n3)c(F)c2)cc1. The molecule has 0 fully saturated rings. The van der Waals surface area contributed by atoms with Crippen molar-refractivity contribution in [2.75, 3.05) is 11.1 Å². The van der Waals surface area contributed by atoms with E-state index in [1.54, 1.807) is 49.6 Å². The zero-order valence-electron chi connectivity index (χ0n) is 17.7. The van der Waals surface area contributed by atoms with Crippen molar-refractivity contribution < 1.29 is 13.9 Å². The Morgan fingerprint density at radius 2 is 1.79 bits per heavy atom. The van der Waals surface area contributed by atoms with Crippen LogP contribution in [0.25, 0.3) is 22.3 Å². The lowest BCUT2D eigenvalue weighted by atomic mass is 9.95. The van der Waals surface area contributed by atoms with Gasteiger partial charge in [0.1, 0.15) is 5.82 Å². The molecule has 0 saturated carbocycles. The van der Waals surface area contributed by atoms with E-state index in [0.29, 0.717) is 22.5 Å². The first-order chi connectivity index (χ1) is 15.9. The van der Waals surface area contributed by atoms with Crippen LogP contribution in [0.15, 0.2) is 79.6 Å². The van der Waals surface area contributed by atoms with Crippen LogP contribution in [0, 0.1) is 12.7 Å². The second kappa shape index (κ2) is 9.27. The number of nitrogens with zero attached hydrogens (tertiary/aromatic N) is 3. The highest BCUT2D eigenvalue weighted by molar-refractivity contribution is 5.99. The molecule has 33 heavy (non-hydrogen) atoms. The van der Waals surface area contributed by atoms with E-state index in [9.17, 15) is 9.18 Å². The molecule has 0 aliphatic heterocycles. The van der Waals surface area contributed by atoms with Crippen molar-refractivity contribution in [3.05, 3.63) is 91.2 Å². The molecule has 164 valence electrons. The third-order valence-electron chi connectivity index (χ3n) is 4.82. The van der Waals surface area contributed by atoms with Gasteiger partial charge in [0.05, 0.1) is 0 Å². The normalized spacial score (nSPS) is 10.5. The molecule has 0 unspecified atom stereocenters. The number of nitrogen functional groups attached to an aromatic ring is 1. The molecule has 4 aromatic rings. The van der Waals surface area contributed by atoms with E-state index in [1.807, 2.05) is 12.1 Å². The molecule has 0 radical (unpaired) electrons. The number of hydrogen-bond acceptors (Lipinski definition) is 6. The number of benzene rings is 2. The number of rotatable bonds is 6. The van der Waals surface area contributed by atoms with Crippen molar-refractivity contribution in [2.24, 2.45) is 0 Å². The number of anilines is 2. The maximum Gasteiger partial charge on any atom is 0.322 e. The minimum Gasteiger partial charge on any atom is -0.421 e. The van der Waals surface area contributed by atoms with Gasteiger partial charge in [-0.1, -0.05) is 24.8 Å². The predicted octanol–water partition coefficient (Wildman–Crippen LogP) is 5.15. The molecule has 3 N–H and O–H groups in total. The Labute approximate surface area is 189 Å². The highest BCUT2D eigenvalue weighted by atomic mass is 19.1. The fraction of sp³-hybridized carbons (Fsp3) is 0.0400. The lowest BCUT2D eigenvalue weighted by molar-refractivity contribution is -0.111. The summed E-state index contributed by atoms with van der Waals surface area (Å²) in [5, 5.41) is 2.70. The molecule has 0 saturated heterocycles. The summed E-state index contributed by atoms with van der Waals surface area (Å²) in [6.45, 7) is 5.23. The van der Waals surface area contributed by atoms with E-state index in [1.165, 1.54) is 18.2 Å². The van der Waals surface area contributed by atoms with Crippen LogP contribution in [0.4, 0.5) is 15.9 Å². The van der Waals surface area contributed by atoms with Crippen LogP contribution in [0.3, 0.4) is 0 Å². The maximum absolute atomic E-state index is 14.9. The van der Waals surface area contributed by atoms with Crippen LogP contribution in [0.5, 0.6) is 11.8 Å². The van der Waals surface area contributed by atoms with Gasteiger partial charge in [-0.25, -0.2) is 19.3 Å². The fourth-order valence-corrected chi connectivity index (χ4v) is 3.26. The number of pyridine rings is 1. The molecule has 4 rings (SSSR count). The number of aryl methyl sites for hydroxylation is 1. The summed E-state index contributed by atoms with van der Waals surface area (Å²) in [4.78, 5) is 23.8. The molecule has 0 bridgehead atoms. The third-order valence-corrected chi connectivity index (χ3v) is 4.82. The first-order valence-corrected chi connectivity index (χ1v) is 10.0. The van der Waals surface area contributed by atoms with Crippen molar-refractivity contribution in [1.82, 2.24) is 15.0 Å². The lowest BCUT2D eigenvalue weighted by Crippen LogP contribution is -2.06. The minimum absolute atomic E-state index is 0.00400. The number of halogens is 1. The number of aromatic nitrogens is 3. The molecule has 0 aliphatic rings. The maximum atomic E-state index is 14.9. The van der Waals surface area contributed by atoms with E-state index < -0.39 is 5.82 Å². The van der Waals surface area contributed by atoms with Gasteiger partial charge in [0.15, 0.2) is 11.6 Å². The summed E-state index contributed by atoms with van der Waals surface area (Å²) in [6.07, 6.45) is 4.33. The summed E-state index contributed by atoms with van der Waals surface area (Å²) in [7, 11) is 0. The van der Waals surface area contributed by atoms with Gasteiger partial charge in [0, 0.05) is 29.3 Å². The predicted molar refractivity (Wildman–Crippen MR) is 125 cm³/mol. The molecule has 8 heteroatoms. The van der Waals surface area contributed by atoms with Crippen LogP contribution in [-0.2, 0) is 4.79 Å². The fourth-order valence-electron chi connectivity index (χ4n) is 3.26. The molecule has 7 nitrogen and oxygen atoms in total. The standard InChI is InChI=1S/C25H20FN5O2/c1-3-22(32)31-18-7-4-16(5-8-18)19-11-13-28-24(27)23(19)17-6-9-21(20(26)14-17)33-25-29-12-10-15(2)30-25/h3-14H,1H2,2H3,(H2,27,28)(H,31,32). The van der Waals surface area contributed by atoms with Crippen LogP contribution < -0.4 is 15.8 Å². The molecule has 2 heterocycles. The van der Waals surface area contributed by atoms with E-state index in [-0.39, 0.29) is 23.5 Å². The van der Waals surface area contributed by atoms with Gasteiger partial charge in [-0.15, -0.1) is 0 Å². The van der Waals surface area contributed by atoms with Crippen molar-refractivity contribution in [3.63, 3.8) is 0 Å². The second-order valence-electron chi connectivity index (χ2n) is 7.12. The van der Waals surface area contributed by atoms with Gasteiger partial charge in [-0.05, 0) is 66.1 Å². The smallest absolute Gasteiger partial charge is 0.322 e. The summed E-state index contributed by atoms with van der Waals surface area (Å²) in [5.41, 5.74) is 10.2. The number of nitrogens with one attached hydrogen (secondary N) is 1. The summed E-state index contributed by atoms with van der Waals surface area (Å²) < 4.78 is 20.4. The number of nitrogens with two attached hydrogens (primary N) is 1. The number of amides is 1. The number of carbonyl (C=O) groups is 1. The highest BCUT2D eigenvalue weighted by Crippen LogP contribution is 2.37. The van der Waals surface area contributed by atoms with Crippen LogP contribution in [-0.4, -0.2) is 20.9 Å². The Morgan fingerprint density at radius 1 is 1.06 bits per heavy atom. The van der Waals surface area contributed by atoms with Gasteiger partial charge < -0.3 is 15.8 Å². The van der Waals surface area contributed by atoms with Crippen LogP contribution in [0.2, 0.25) is 0 Å². The van der Waals surface area contributed by atoms with Gasteiger partial charge in [0.25, 0.3) is 0 Å². The molecular weight excluding hydrogens is 421 g/mol. The summed E-state index contributed by atoms with van der Waals surface area (Å²) in [6, 6.07) is 15.3. The third kappa shape index (κ3) is 4.85. The quantitative estimate of drug-likeness (QED) is 0.401. The van der Waals surface area contributed by atoms with E-state index in [4.69, 9.17) is 10.5 Å². The van der Waals surface area contributed by atoms with Crippen molar-refractivity contribution in [2.45, 2.75) is 6.92 Å². The highest BCUT2D eigenvalue weighted by Gasteiger charge is 2.15. The van der Waals surface area contributed by atoms with Crippen LogP contribution in [0.1, 0.15) is 5.69 Å². The van der Waals surface area contributed by atoms with Gasteiger partial charge >= 0.3 is 6.01 Å². The van der Waals surface area contributed by atoms with Crippen molar-refractivity contribution in [1.29, 1.82) is 0 Å². The average molecular weight is 441 g/mol. The Balaban J connectivity index is 1.68. The number of carbonyl (C=O) groups excluding carboxylic acids is 1. The van der Waals surface area contributed by atoms with Gasteiger partial charge in [-0.3, -0.25) is 4.79 Å². The summed E-state index contributed by atoms with van der Waals surface area (Å²) >= 11 is 0. The second-order valence-corrected chi connectivity index (χ2v) is 7.12. The average Bonchev–Trinajstić information content (AvgIpc) is 2.81. The molecular formula is C25H20FN5O2. The lowest BCUT2D eigenvalue weighted by Gasteiger charge is -2.14. The monoisotopic (exact) mass is 441 g/mol. The Bertz CT molecular complexity index is 1340. The first-order valence-electron chi connectivity index (χ1n) is 10.0. The Morgan fingerprint density at radius 3 is 2.48 bits per heavy atom. The van der Waals surface area contributed by atoms with E-state index in [0.717, 1.165) is 11.1 Å². The van der Waals surface area contributed by atoms with Crippen molar-refractivity contribution >= 4 is 17.4 Å². The Hall–Kier alpha value is -4.59. The van der Waals surface area contributed by atoms with Gasteiger partial charge in [0.2, 0.25) is 5.91 Å². The molecule has 2 aromatic carbocycles. The molecule has 0 spiro atoms. The zero-order chi connectivity index (χ0) is 23.4. The number of ether oxygens (including phenoxy) is 1. The minimum atomic E-state index is -0.589. The molecule has 0 atom stereocenters. The Kier molecular flexibility index (Phi) is 6.08. The summed E-state index contributed by atoms with van der Waals surface area (Å²) in [5.74, 6) is -0.637. The molecule has 0 aliphatic carbocycles. The van der Waals surface area contributed by atoms with Gasteiger partial charge in [-0.2, -0.15) is 0 Å². The first kappa shape index (κ1) is 21.6. The zero-order valence-corrected chi connectivity index (χ0v) is 17.7. The largest absolute Gasteiger partial charge is 0.421 e.